The van der Waals surface area contributed by atoms with Crippen molar-refractivity contribution in [2.45, 2.75) is 6.92 Å². The van der Waals surface area contributed by atoms with Crippen molar-refractivity contribution < 1.29 is 19.2 Å². The van der Waals surface area contributed by atoms with Crippen molar-refractivity contribution in [3.63, 3.8) is 0 Å². The van der Waals surface area contributed by atoms with Gasteiger partial charge in [0.25, 0.3) is 11.6 Å². The van der Waals surface area contributed by atoms with Crippen molar-refractivity contribution >= 4 is 34.6 Å². The van der Waals surface area contributed by atoms with E-state index in [0.717, 1.165) is 5.56 Å². The average Bonchev–Trinajstić information content (AvgIpc) is 2.59. The third-order valence-electron chi connectivity index (χ3n) is 3.25. The molecule has 1 amide bonds. The highest BCUT2D eigenvalue weighted by Crippen LogP contribution is 2.28. The van der Waals surface area contributed by atoms with Crippen LogP contribution < -0.4 is 20.1 Å². The number of nitro benzene ring substituents is 1. The monoisotopic (exact) mass is 375 g/mol. The lowest BCUT2D eigenvalue weighted by atomic mass is 10.2. The van der Waals surface area contributed by atoms with E-state index >= 15 is 0 Å². The summed E-state index contributed by atoms with van der Waals surface area (Å²) in [6, 6.07) is 11.3. The first-order chi connectivity index (χ1) is 12.4. The van der Waals surface area contributed by atoms with Gasteiger partial charge >= 0.3 is 0 Å². The smallest absolute Gasteiger partial charge is 0.271 e. The summed E-state index contributed by atoms with van der Waals surface area (Å²) in [6.07, 6.45) is 0. The van der Waals surface area contributed by atoms with Crippen molar-refractivity contribution in [1.82, 2.24) is 5.32 Å². The standard InChI is InChI=1S/C17H17N3O5S/c1-11-4-3-5-13(8-11)25-10-16(21)19-17(26)18-14-9-12(20(22)23)6-7-15(14)24-2/h3-9H,10H2,1-2H3,(H2,18,19,21,26). The molecule has 0 spiro atoms. The minimum absolute atomic E-state index is 0.0263. The van der Waals surface area contributed by atoms with Crippen LogP contribution >= 0.6 is 12.2 Å². The summed E-state index contributed by atoms with van der Waals surface area (Å²) in [7, 11) is 1.42. The third kappa shape index (κ3) is 5.42. The molecule has 0 aromatic heterocycles. The number of non-ortho nitro benzene ring substituents is 1. The van der Waals surface area contributed by atoms with Crippen molar-refractivity contribution in [3.8, 4) is 11.5 Å². The molecule has 8 nitrogen and oxygen atoms in total. The molecule has 136 valence electrons. The number of nitro groups is 1. The fraction of sp³-hybridized carbons (Fsp3) is 0.176. The zero-order valence-corrected chi connectivity index (χ0v) is 15.0. The number of amides is 1. The first-order valence-electron chi connectivity index (χ1n) is 7.52. The van der Waals surface area contributed by atoms with Crippen molar-refractivity contribution in [1.29, 1.82) is 0 Å². The van der Waals surface area contributed by atoms with Crippen LogP contribution in [0.3, 0.4) is 0 Å². The molecule has 2 aromatic carbocycles. The number of nitrogens with one attached hydrogen (secondary N) is 2. The van der Waals surface area contributed by atoms with Crippen LogP contribution in [-0.4, -0.2) is 29.7 Å². The summed E-state index contributed by atoms with van der Waals surface area (Å²) in [5, 5.41) is 16.0. The van der Waals surface area contributed by atoms with E-state index < -0.39 is 10.8 Å². The zero-order valence-electron chi connectivity index (χ0n) is 14.1. The molecule has 2 N–H and O–H groups in total. The van der Waals surface area contributed by atoms with Crippen LogP contribution in [0, 0.1) is 17.0 Å². The number of anilines is 1. The number of nitrogens with zero attached hydrogens (tertiary/aromatic N) is 1. The molecule has 0 aliphatic rings. The predicted octanol–water partition coefficient (Wildman–Crippen LogP) is 2.80. The number of rotatable bonds is 6. The fourth-order valence-electron chi connectivity index (χ4n) is 2.08. The number of ether oxygens (including phenoxy) is 2. The van der Waals surface area contributed by atoms with E-state index in [9.17, 15) is 14.9 Å². The van der Waals surface area contributed by atoms with E-state index in [0.29, 0.717) is 11.5 Å². The maximum Gasteiger partial charge on any atom is 0.271 e. The molecule has 0 saturated carbocycles. The third-order valence-corrected chi connectivity index (χ3v) is 3.46. The second-order valence-corrected chi connectivity index (χ2v) is 5.66. The summed E-state index contributed by atoms with van der Waals surface area (Å²) in [5.74, 6) is 0.455. The van der Waals surface area contributed by atoms with E-state index in [-0.39, 0.29) is 23.1 Å². The summed E-state index contributed by atoms with van der Waals surface area (Å²) in [5.41, 5.74) is 1.15. The number of thiocarbonyl (C=S) groups is 1. The zero-order chi connectivity index (χ0) is 19.1. The van der Waals surface area contributed by atoms with Crippen LogP contribution in [0.4, 0.5) is 11.4 Å². The maximum absolute atomic E-state index is 11.9. The minimum atomic E-state index is -0.540. The Kier molecular flexibility index (Phi) is 6.45. The number of carbonyl (C=O) groups is 1. The second-order valence-electron chi connectivity index (χ2n) is 5.25. The molecular weight excluding hydrogens is 358 g/mol. The van der Waals surface area contributed by atoms with E-state index in [1.807, 2.05) is 19.1 Å². The number of hydrogen-bond donors (Lipinski definition) is 2. The Morgan fingerprint density at radius 3 is 2.69 bits per heavy atom. The molecule has 0 heterocycles. The molecule has 0 atom stereocenters. The van der Waals surface area contributed by atoms with Crippen molar-refractivity contribution in [2.75, 3.05) is 19.0 Å². The van der Waals surface area contributed by atoms with Crippen LogP contribution in [0.5, 0.6) is 11.5 Å². The summed E-state index contributed by atoms with van der Waals surface area (Å²) < 4.78 is 10.5. The SMILES string of the molecule is COc1ccc([N+](=O)[O-])cc1NC(=S)NC(=O)COc1cccc(C)c1. The molecule has 9 heteroatoms. The molecule has 0 saturated heterocycles. The molecular formula is C17H17N3O5S. The topological polar surface area (TPSA) is 103 Å². The van der Waals surface area contributed by atoms with E-state index in [4.69, 9.17) is 21.7 Å². The maximum atomic E-state index is 11.9. The van der Waals surface area contributed by atoms with Gasteiger partial charge in [-0.3, -0.25) is 20.2 Å². The van der Waals surface area contributed by atoms with Crippen LogP contribution in [-0.2, 0) is 4.79 Å². The molecule has 2 rings (SSSR count). The molecule has 0 fully saturated rings. The Balaban J connectivity index is 1.94. The lowest BCUT2D eigenvalue weighted by Gasteiger charge is -2.13. The van der Waals surface area contributed by atoms with Crippen LogP contribution in [0.2, 0.25) is 0 Å². The summed E-state index contributed by atoms with van der Waals surface area (Å²) >= 11 is 5.06. The molecule has 0 unspecified atom stereocenters. The van der Waals surface area contributed by atoms with Crippen LogP contribution in [0.1, 0.15) is 5.56 Å². The van der Waals surface area contributed by atoms with Gasteiger partial charge in [-0.05, 0) is 42.9 Å². The number of carbonyl (C=O) groups excluding carboxylic acids is 1. The normalized spacial score (nSPS) is 9.92. The molecule has 0 radical (unpaired) electrons. The van der Waals surface area contributed by atoms with Gasteiger partial charge in [-0.15, -0.1) is 0 Å². The number of benzene rings is 2. The van der Waals surface area contributed by atoms with Gasteiger partial charge in [0.2, 0.25) is 0 Å². The van der Waals surface area contributed by atoms with E-state index in [1.165, 1.54) is 25.3 Å². The largest absolute Gasteiger partial charge is 0.495 e. The quantitative estimate of drug-likeness (QED) is 0.455. The molecule has 0 aliphatic carbocycles. The van der Waals surface area contributed by atoms with Crippen LogP contribution in [0.25, 0.3) is 0 Å². The Labute approximate surface area is 155 Å². The highest BCUT2D eigenvalue weighted by atomic mass is 32.1. The summed E-state index contributed by atoms with van der Waals surface area (Å²) in [4.78, 5) is 22.3. The van der Waals surface area contributed by atoms with Crippen molar-refractivity contribution in [3.05, 3.63) is 58.1 Å². The van der Waals surface area contributed by atoms with E-state index in [1.54, 1.807) is 12.1 Å². The number of aryl methyl sites for hydroxylation is 1. The van der Waals surface area contributed by atoms with Gasteiger partial charge < -0.3 is 14.8 Å². The highest BCUT2D eigenvalue weighted by molar-refractivity contribution is 7.80. The van der Waals surface area contributed by atoms with Gasteiger partial charge in [0, 0.05) is 12.1 Å². The number of methoxy groups -OCH3 is 1. The predicted molar refractivity (Wildman–Crippen MR) is 101 cm³/mol. The van der Waals surface area contributed by atoms with Gasteiger partial charge in [-0.2, -0.15) is 0 Å². The lowest BCUT2D eigenvalue weighted by molar-refractivity contribution is -0.384. The molecule has 0 aliphatic heterocycles. The van der Waals surface area contributed by atoms with Crippen molar-refractivity contribution in [2.24, 2.45) is 0 Å². The highest BCUT2D eigenvalue weighted by Gasteiger charge is 2.13. The van der Waals surface area contributed by atoms with Gasteiger partial charge in [0.05, 0.1) is 17.7 Å². The Morgan fingerprint density at radius 2 is 2.04 bits per heavy atom. The molecule has 2 aromatic rings. The fourth-order valence-corrected chi connectivity index (χ4v) is 2.30. The second kappa shape index (κ2) is 8.77. The van der Waals surface area contributed by atoms with Gasteiger partial charge in [-0.1, -0.05) is 12.1 Å². The first kappa shape index (κ1) is 19.1. The summed E-state index contributed by atoms with van der Waals surface area (Å²) in [6.45, 7) is 1.69. The van der Waals surface area contributed by atoms with Crippen LogP contribution in [0.15, 0.2) is 42.5 Å². The minimum Gasteiger partial charge on any atom is -0.495 e. The Morgan fingerprint density at radius 1 is 1.27 bits per heavy atom. The molecule has 26 heavy (non-hydrogen) atoms. The Bertz CT molecular complexity index is 841. The number of hydrogen-bond acceptors (Lipinski definition) is 6. The van der Waals surface area contributed by atoms with Gasteiger partial charge in [0.15, 0.2) is 11.7 Å². The Hall–Kier alpha value is -3.20. The van der Waals surface area contributed by atoms with Gasteiger partial charge in [0.1, 0.15) is 11.5 Å². The van der Waals surface area contributed by atoms with Gasteiger partial charge in [-0.25, -0.2) is 0 Å². The van der Waals surface area contributed by atoms with E-state index in [2.05, 4.69) is 10.6 Å². The average molecular weight is 375 g/mol. The lowest BCUT2D eigenvalue weighted by Crippen LogP contribution is -2.37. The first-order valence-corrected chi connectivity index (χ1v) is 7.92. The molecule has 0 bridgehead atoms.